The highest BCUT2D eigenvalue weighted by atomic mass is 19.1. The van der Waals surface area contributed by atoms with Gasteiger partial charge in [-0.25, -0.2) is 8.78 Å². The number of carboxylic acids is 1. The van der Waals surface area contributed by atoms with E-state index in [2.05, 4.69) is 5.32 Å². The van der Waals surface area contributed by atoms with E-state index >= 15 is 0 Å². The number of ether oxygens (including phenoxy) is 1. The minimum Gasteiger partial charge on any atom is -0.481 e. The highest BCUT2D eigenvalue weighted by molar-refractivity contribution is 6.03. The summed E-state index contributed by atoms with van der Waals surface area (Å²) in [4.78, 5) is 26.1. The van der Waals surface area contributed by atoms with E-state index in [0.29, 0.717) is 43.9 Å². The van der Waals surface area contributed by atoms with Crippen LogP contribution in [0.2, 0.25) is 0 Å². The summed E-state index contributed by atoms with van der Waals surface area (Å²) in [7, 11) is 0. The van der Waals surface area contributed by atoms with Gasteiger partial charge in [-0.3, -0.25) is 9.59 Å². The molecule has 0 saturated carbocycles. The largest absolute Gasteiger partial charge is 0.481 e. The number of anilines is 1. The molecule has 2 fully saturated rings. The summed E-state index contributed by atoms with van der Waals surface area (Å²) >= 11 is 0. The van der Waals surface area contributed by atoms with E-state index in [1.54, 1.807) is 29.2 Å². The molecule has 41 heavy (non-hydrogen) atoms. The first-order chi connectivity index (χ1) is 19.7. The average molecular weight is 565 g/mol. The van der Waals surface area contributed by atoms with E-state index < -0.39 is 17.6 Å². The lowest BCUT2D eigenvalue weighted by molar-refractivity contribution is -0.146. The monoisotopic (exact) mass is 564 g/mol. The van der Waals surface area contributed by atoms with Crippen LogP contribution in [-0.2, 0) is 20.7 Å². The van der Waals surface area contributed by atoms with Crippen molar-refractivity contribution >= 4 is 17.6 Å². The van der Waals surface area contributed by atoms with Crippen LogP contribution in [0.15, 0.2) is 72.8 Å². The first-order valence-corrected chi connectivity index (χ1v) is 13.9. The molecule has 3 aromatic carbocycles. The molecule has 0 aromatic heterocycles. The molecule has 2 heterocycles. The molecule has 1 amide bonds. The Labute approximate surface area is 237 Å². The third kappa shape index (κ3) is 6.64. The number of amides is 1. The lowest BCUT2D eigenvalue weighted by Gasteiger charge is -2.48. The van der Waals surface area contributed by atoms with Crippen molar-refractivity contribution in [2.75, 3.05) is 24.7 Å². The second kappa shape index (κ2) is 12.5. The maximum absolute atomic E-state index is 13.6. The Hall–Kier alpha value is -3.66. The molecule has 2 saturated heterocycles. The fraction of sp³-hybridized carbons (Fsp3) is 0.375. The molecular formula is C32H34F2N2O5. The molecule has 0 radical (unpaired) electrons. The average Bonchev–Trinajstić information content (AvgIpc) is 2.94. The van der Waals surface area contributed by atoms with Crippen LogP contribution < -0.4 is 10.2 Å². The van der Waals surface area contributed by atoms with Crippen LogP contribution in [0.1, 0.15) is 54.5 Å². The molecule has 7 nitrogen and oxygen atoms in total. The lowest BCUT2D eigenvalue weighted by atomic mass is 9.78. The van der Waals surface area contributed by atoms with Crippen molar-refractivity contribution in [3.8, 4) is 0 Å². The second-order valence-corrected chi connectivity index (χ2v) is 11.0. The Bertz CT molecular complexity index is 1340. The topological polar surface area (TPSA) is 99.1 Å². The van der Waals surface area contributed by atoms with E-state index in [1.165, 1.54) is 24.3 Å². The van der Waals surface area contributed by atoms with Crippen molar-refractivity contribution < 1.29 is 33.3 Å². The number of rotatable bonds is 13. The second-order valence-electron chi connectivity index (χ2n) is 11.0. The van der Waals surface area contributed by atoms with Crippen molar-refractivity contribution in [1.82, 2.24) is 5.32 Å². The third-order valence-electron chi connectivity index (χ3n) is 8.03. The third-order valence-corrected chi connectivity index (χ3v) is 8.03. The number of β-lactam (4-membered cyclic amide) rings is 1. The molecule has 2 aliphatic heterocycles. The van der Waals surface area contributed by atoms with Gasteiger partial charge in [-0.1, -0.05) is 36.4 Å². The van der Waals surface area contributed by atoms with Crippen molar-refractivity contribution in [2.24, 2.45) is 5.92 Å². The van der Waals surface area contributed by atoms with Gasteiger partial charge in [-0.2, -0.15) is 0 Å². The highest BCUT2D eigenvalue weighted by Crippen LogP contribution is 2.46. The maximum atomic E-state index is 13.6. The van der Waals surface area contributed by atoms with E-state index in [0.717, 1.165) is 24.0 Å². The molecule has 216 valence electrons. The van der Waals surface area contributed by atoms with E-state index in [4.69, 9.17) is 9.84 Å². The molecule has 9 heteroatoms. The lowest BCUT2D eigenvalue weighted by Crippen LogP contribution is -2.61. The fourth-order valence-electron chi connectivity index (χ4n) is 5.72. The van der Waals surface area contributed by atoms with Gasteiger partial charge in [0.15, 0.2) is 0 Å². The number of aryl methyl sites for hydroxylation is 1. The van der Waals surface area contributed by atoms with Gasteiger partial charge in [-0.15, -0.1) is 0 Å². The summed E-state index contributed by atoms with van der Waals surface area (Å²) < 4.78 is 32.1. The zero-order chi connectivity index (χ0) is 29.0. The summed E-state index contributed by atoms with van der Waals surface area (Å²) in [6.07, 6.45) is 1.63. The van der Waals surface area contributed by atoms with Gasteiger partial charge in [-0.05, 0) is 85.3 Å². The fourth-order valence-corrected chi connectivity index (χ4v) is 5.72. The number of halogens is 2. The van der Waals surface area contributed by atoms with Crippen molar-refractivity contribution in [3.05, 3.63) is 101 Å². The van der Waals surface area contributed by atoms with Crippen molar-refractivity contribution in [3.63, 3.8) is 0 Å². The summed E-state index contributed by atoms with van der Waals surface area (Å²) in [5, 5.41) is 23.1. The zero-order valence-electron chi connectivity index (χ0n) is 22.6. The Morgan fingerprint density at radius 1 is 1.00 bits per heavy atom. The van der Waals surface area contributed by atoms with Crippen LogP contribution in [0.3, 0.4) is 0 Å². The molecular weight excluding hydrogens is 530 g/mol. The van der Waals surface area contributed by atoms with E-state index in [1.807, 2.05) is 24.3 Å². The number of nitrogens with zero attached hydrogens (tertiary/aromatic N) is 1. The standard InChI is InChI=1S/C32H34F2N2O5/c33-24-9-7-22(8-10-24)28(37)16-15-27-30(36(31(27)40)26-13-11-25(34)12-14-26)23-5-3-21(4-6-23)2-1-17-35-32(18-29(38)39)19-41-20-32/h3-14,27-28,30,35,37H,1-2,15-20H2,(H,38,39). The summed E-state index contributed by atoms with van der Waals surface area (Å²) in [6.45, 7) is 1.48. The van der Waals surface area contributed by atoms with Crippen LogP contribution in [0.4, 0.5) is 14.5 Å². The number of aliphatic hydroxyl groups is 1. The van der Waals surface area contributed by atoms with Crippen LogP contribution >= 0.6 is 0 Å². The number of benzene rings is 3. The smallest absolute Gasteiger partial charge is 0.305 e. The number of aliphatic carboxylic acids is 1. The molecule has 3 unspecified atom stereocenters. The van der Waals surface area contributed by atoms with Gasteiger partial charge in [0.1, 0.15) is 11.6 Å². The van der Waals surface area contributed by atoms with Crippen molar-refractivity contribution in [2.45, 2.75) is 49.8 Å². The predicted octanol–water partition coefficient (Wildman–Crippen LogP) is 4.95. The first-order valence-electron chi connectivity index (χ1n) is 13.9. The van der Waals surface area contributed by atoms with E-state index in [-0.39, 0.29) is 35.9 Å². The minimum absolute atomic E-state index is 0.0362. The first kappa shape index (κ1) is 28.9. The number of carbonyl (C=O) groups is 2. The van der Waals surface area contributed by atoms with Gasteiger partial charge < -0.3 is 25.2 Å². The number of hydrogen-bond donors (Lipinski definition) is 3. The Morgan fingerprint density at radius 3 is 2.22 bits per heavy atom. The Morgan fingerprint density at radius 2 is 1.63 bits per heavy atom. The molecule has 3 aromatic rings. The van der Waals surface area contributed by atoms with Gasteiger partial charge >= 0.3 is 5.97 Å². The van der Waals surface area contributed by atoms with Crippen LogP contribution in [0.5, 0.6) is 0 Å². The Balaban J connectivity index is 1.23. The zero-order valence-corrected chi connectivity index (χ0v) is 22.6. The maximum Gasteiger partial charge on any atom is 0.305 e. The molecule has 5 rings (SSSR count). The molecule has 3 atom stereocenters. The Kier molecular flexibility index (Phi) is 8.77. The van der Waals surface area contributed by atoms with Crippen LogP contribution in [0.25, 0.3) is 0 Å². The van der Waals surface area contributed by atoms with Gasteiger partial charge in [0.05, 0.1) is 43.2 Å². The molecule has 0 spiro atoms. The number of carbonyl (C=O) groups excluding carboxylic acids is 1. The van der Waals surface area contributed by atoms with Crippen LogP contribution in [-0.4, -0.2) is 47.4 Å². The molecule has 3 N–H and O–H groups in total. The minimum atomic E-state index is -0.844. The normalized spacial score (nSPS) is 20.3. The van der Waals surface area contributed by atoms with Gasteiger partial charge in [0, 0.05) is 5.69 Å². The highest BCUT2D eigenvalue weighted by Gasteiger charge is 2.48. The van der Waals surface area contributed by atoms with Gasteiger partial charge in [0.25, 0.3) is 0 Å². The quantitative estimate of drug-likeness (QED) is 0.201. The molecule has 0 aliphatic carbocycles. The number of nitrogens with one attached hydrogen (secondary N) is 1. The van der Waals surface area contributed by atoms with Crippen LogP contribution in [0, 0.1) is 17.6 Å². The van der Waals surface area contributed by atoms with Crippen molar-refractivity contribution in [1.29, 1.82) is 0 Å². The molecule has 0 bridgehead atoms. The SMILES string of the molecule is O=C(O)CC1(NCCCc2ccc(C3C(CCC(O)c4ccc(F)cc4)C(=O)N3c3ccc(F)cc3)cc2)COC1. The summed E-state index contributed by atoms with van der Waals surface area (Å²) in [5.41, 5.74) is 2.80. The van der Waals surface area contributed by atoms with E-state index in [9.17, 15) is 23.5 Å². The number of hydrogen-bond acceptors (Lipinski definition) is 5. The number of aliphatic hydroxyl groups excluding tert-OH is 1. The predicted molar refractivity (Wildman–Crippen MR) is 149 cm³/mol. The molecule has 2 aliphatic rings. The van der Waals surface area contributed by atoms with Gasteiger partial charge in [0.2, 0.25) is 5.91 Å². The number of carboxylic acid groups (broad SMARTS) is 1. The summed E-state index contributed by atoms with van der Waals surface area (Å²) in [5.74, 6) is -2.04. The summed E-state index contributed by atoms with van der Waals surface area (Å²) in [6, 6.07) is 19.4.